The fraction of sp³-hybridized carbons (Fsp3) is 0.647. The molecule has 20 heavy (non-hydrogen) atoms. The fourth-order valence-electron chi connectivity index (χ4n) is 4.01. The molecule has 3 aliphatic rings. The van der Waals surface area contributed by atoms with E-state index < -0.39 is 0 Å². The van der Waals surface area contributed by atoms with Gasteiger partial charge >= 0.3 is 0 Å². The highest BCUT2D eigenvalue weighted by atomic mass is 16.5. The van der Waals surface area contributed by atoms with Crippen molar-refractivity contribution in [3.63, 3.8) is 0 Å². The predicted octanol–water partition coefficient (Wildman–Crippen LogP) is 1.85. The molecular formula is C17H24N2O. The molecule has 108 valence electrons. The van der Waals surface area contributed by atoms with Crippen LogP contribution in [0.2, 0.25) is 0 Å². The Bertz CT molecular complexity index is 488. The van der Waals surface area contributed by atoms with E-state index >= 15 is 0 Å². The molecule has 2 unspecified atom stereocenters. The van der Waals surface area contributed by atoms with E-state index in [0.29, 0.717) is 0 Å². The average Bonchev–Trinajstić information content (AvgIpc) is 3.12. The maximum Gasteiger partial charge on any atom is 0.122 e. The Balaban J connectivity index is 1.34. The molecule has 4 rings (SSSR count). The van der Waals surface area contributed by atoms with E-state index in [1.165, 1.54) is 56.6 Å². The van der Waals surface area contributed by atoms with Crippen molar-refractivity contribution in [1.29, 1.82) is 0 Å². The summed E-state index contributed by atoms with van der Waals surface area (Å²) in [6.07, 6.45) is 4.97. The summed E-state index contributed by atoms with van der Waals surface area (Å²) in [6, 6.07) is 7.56. The van der Waals surface area contributed by atoms with Crippen molar-refractivity contribution in [3.05, 3.63) is 29.3 Å². The van der Waals surface area contributed by atoms with E-state index in [4.69, 9.17) is 4.74 Å². The smallest absolute Gasteiger partial charge is 0.122 e. The van der Waals surface area contributed by atoms with Gasteiger partial charge in [-0.2, -0.15) is 0 Å². The Morgan fingerprint density at radius 2 is 2.30 bits per heavy atom. The molecule has 0 bridgehead atoms. The fourth-order valence-corrected chi connectivity index (χ4v) is 4.01. The second kappa shape index (κ2) is 5.38. The standard InChI is InChI=1S/C17H24N2O/c1-2-17-14(6-10-20-17)11-13(1)4-8-19-9-5-16-15(12-19)3-7-18-16/h1-2,11,15-16,18H,3-10,12H2. The van der Waals surface area contributed by atoms with Crippen LogP contribution >= 0.6 is 0 Å². The molecule has 1 N–H and O–H groups in total. The summed E-state index contributed by atoms with van der Waals surface area (Å²) in [5.41, 5.74) is 2.88. The topological polar surface area (TPSA) is 24.5 Å². The maximum atomic E-state index is 5.58. The summed E-state index contributed by atoms with van der Waals surface area (Å²) in [5, 5.41) is 3.64. The van der Waals surface area contributed by atoms with E-state index in [0.717, 1.165) is 30.7 Å². The molecular weight excluding hydrogens is 248 g/mol. The van der Waals surface area contributed by atoms with E-state index in [-0.39, 0.29) is 0 Å². The minimum Gasteiger partial charge on any atom is -0.493 e. The summed E-state index contributed by atoms with van der Waals surface area (Å²) >= 11 is 0. The van der Waals surface area contributed by atoms with Gasteiger partial charge in [-0.05, 0) is 55.5 Å². The number of piperidine rings is 1. The van der Waals surface area contributed by atoms with Crippen molar-refractivity contribution in [2.45, 2.75) is 31.7 Å². The summed E-state index contributed by atoms with van der Waals surface area (Å²) in [4.78, 5) is 2.66. The quantitative estimate of drug-likeness (QED) is 0.909. The van der Waals surface area contributed by atoms with Crippen LogP contribution in [0.25, 0.3) is 0 Å². The van der Waals surface area contributed by atoms with Crippen molar-refractivity contribution in [1.82, 2.24) is 10.2 Å². The van der Waals surface area contributed by atoms with Crippen LogP contribution < -0.4 is 10.1 Å². The van der Waals surface area contributed by atoms with E-state index in [9.17, 15) is 0 Å². The van der Waals surface area contributed by atoms with Crippen molar-refractivity contribution < 1.29 is 4.74 Å². The zero-order valence-electron chi connectivity index (χ0n) is 12.1. The molecule has 1 aromatic rings. The van der Waals surface area contributed by atoms with Crippen LogP contribution in [0.3, 0.4) is 0 Å². The lowest BCUT2D eigenvalue weighted by atomic mass is 9.93. The number of rotatable bonds is 3. The van der Waals surface area contributed by atoms with Crippen LogP contribution in [0.15, 0.2) is 18.2 Å². The van der Waals surface area contributed by atoms with Crippen LogP contribution in [0.4, 0.5) is 0 Å². The van der Waals surface area contributed by atoms with Crippen LogP contribution in [0.5, 0.6) is 5.75 Å². The highest BCUT2D eigenvalue weighted by Gasteiger charge is 2.32. The molecule has 0 saturated carbocycles. The van der Waals surface area contributed by atoms with Crippen LogP contribution in [0, 0.1) is 5.92 Å². The number of nitrogens with one attached hydrogen (secondary N) is 1. The number of likely N-dealkylation sites (tertiary alicyclic amines) is 1. The van der Waals surface area contributed by atoms with Gasteiger partial charge in [0.25, 0.3) is 0 Å². The second-order valence-corrected chi connectivity index (χ2v) is 6.49. The first-order valence-electron chi connectivity index (χ1n) is 8.09. The van der Waals surface area contributed by atoms with E-state index in [2.05, 4.69) is 28.4 Å². The first kappa shape index (κ1) is 12.7. The molecule has 2 saturated heterocycles. The number of hydrogen-bond donors (Lipinski definition) is 1. The average molecular weight is 272 g/mol. The van der Waals surface area contributed by atoms with Crippen LogP contribution in [0.1, 0.15) is 24.0 Å². The molecule has 3 aliphatic heterocycles. The molecule has 2 fully saturated rings. The Kier molecular flexibility index (Phi) is 3.41. The summed E-state index contributed by atoms with van der Waals surface area (Å²) in [6.45, 7) is 5.87. The third-order valence-corrected chi connectivity index (χ3v) is 5.21. The highest BCUT2D eigenvalue weighted by Crippen LogP contribution is 2.27. The van der Waals surface area contributed by atoms with Gasteiger partial charge in [-0.25, -0.2) is 0 Å². The number of nitrogens with zero attached hydrogens (tertiary/aromatic N) is 1. The third-order valence-electron chi connectivity index (χ3n) is 5.21. The van der Waals surface area contributed by atoms with Gasteiger partial charge in [0.2, 0.25) is 0 Å². The van der Waals surface area contributed by atoms with Crippen molar-refractivity contribution in [3.8, 4) is 5.75 Å². The van der Waals surface area contributed by atoms with Crippen LogP contribution in [-0.2, 0) is 12.8 Å². The van der Waals surface area contributed by atoms with Gasteiger partial charge in [-0.15, -0.1) is 0 Å². The van der Waals surface area contributed by atoms with Gasteiger partial charge in [-0.1, -0.05) is 12.1 Å². The first-order valence-corrected chi connectivity index (χ1v) is 8.09. The monoisotopic (exact) mass is 272 g/mol. The summed E-state index contributed by atoms with van der Waals surface area (Å²) in [7, 11) is 0. The molecule has 0 spiro atoms. The third kappa shape index (κ3) is 2.45. The van der Waals surface area contributed by atoms with E-state index in [1.807, 2.05) is 0 Å². The zero-order chi connectivity index (χ0) is 13.4. The van der Waals surface area contributed by atoms with Crippen molar-refractivity contribution >= 4 is 0 Å². The normalized spacial score (nSPS) is 29.0. The Morgan fingerprint density at radius 3 is 3.30 bits per heavy atom. The Labute approximate surface area is 121 Å². The summed E-state index contributed by atoms with van der Waals surface area (Å²) in [5.74, 6) is 2.00. The van der Waals surface area contributed by atoms with Gasteiger partial charge < -0.3 is 15.0 Å². The van der Waals surface area contributed by atoms with Crippen molar-refractivity contribution in [2.75, 3.05) is 32.8 Å². The molecule has 2 atom stereocenters. The first-order chi connectivity index (χ1) is 9.88. The number of hydrogen-bond acceptors (Lipinski definition) is 3. The molecule has 3 heterocycles. The lowest BCUT2D eigenvalue weighted by Gasteiger charge is -2.34. The molecule has 0 radical (unpaired) electrons. The van der Waals surface area contributed by atoms with Gasteiger partial charge in [0, 0.05) is 25.6 Å². The molecule has 3 nitrogen and oxygen atoms in total. The van der Waals surface area contributed by atoms with Crippen molar-refractivity contribution in [2.24, 2.45) is 5.92 Å². The minimum atomic E-state index is 0.809. The molecule has 3 heteroatoms. The Hall–Kier alpha value is -1.06. The maximum absolute atomic E-state index is 5.58. The minimum absolute atomic E-state index is 0.809. The zero-order valence-corrected chi connectivity index (χ0v) is 12.1. The largest absolute Gasteiger partial charge is 0.493 e. The molecule has 0 aliphatic carbocycles. The number of ether oxygens (including phenoxy) is 1. The lowest BCUT2D eigenvalue weighted by molar-refractivity contribution is 0.164. The molecule has 0 aromatic heterocycles. The number of fused-ring (bicyclic) bond motifs is 2. The van der Waals surface area contributed by atoms with Gasteiger partial charge in [0.1, 0.15) is 5.75 Å². The van der Waals surface area contributed by atoms with Gasteiger partial charge in [0.15, 0.2) is 0 Å². The molecule has 0 amide bonds. The predicted molar refractivity (Wildman–Crippen MR) is 80.3 cm³/mol. The summed E-state index contributed by atoms with van der Waals surface area (Å²) < 4.78 is 5.58. The molecule has 1 aromatic carbocycles. The Morgan fingerprint density at radius 1 is 1.30 bits per heavy atom. The SMILES string of the molecule is c1cc2c(cc1CCN1CCC3NCCC3C1)CCO2. The number of benzene rings is 1. The lowest BCUT2D eigenvalue weighted by Crippen LogP contribution is -2.44. The van der Waals surface area contributed by atoms with E-state index in [1.54, 1.807) is 0 Å². The van der Waals surface area contributed by atoms with Gasteiger partial charge in [-0.3, -0.25) is 0 Å². The highest BCUT2D eigenvalue weighted by molar-refractivity contribution is 5.39. The van der Waals surface area contributed by atoms with Crippen LogP contribution in [-0.4, -0.2) is 43.7 Å². The second-order valence-electron chi connectivity index (χ2n) is 6.49. The van der Waals surface area contributed by atoms with Gasteiger partial charge in [0.05, 0.1) is 6.61 Å².